The Morgan fingerprint density at radius 2 is 1.61 bits per heavy atom. The van der Waals surface area contributed by atoms with Gasteiger partial charge in [-0.15, -0.1) is 0 Å². The van der Waals surface area contributed by atoms with Gasteiger partial charge in [0.2, 0.25) is 5.91 Å². The van der Waals surface area contributed by atoms with Crippen molar-refractivity contribution in [2.45, 2.75) is 43.1 Å². The van der Waals surface area contributed by atoms with Crippen molar-refractivity contribution in [2.24, 2.45) is 10.9 Å². The molecule has 46 heavy (non-hydrogen) atoms. The van der Waals surface area contributed by atoms with Crippen LogP contribution in [0.15, 0.2) is 69.7 Å². The van der Waals surface area contributed by atoms with Crippen molar-refractivity contribution < 1.29 is 33.2 Å². The Kier molecular flexibility index (Phi) is 12.2. The van der Waals surface area contributed by atoms with Crippen LogP contribution in [0.25, 0.3) is 0 Å². The molecule has 2 aromatic rings. The molecule has 0 aromatic heterocycles. The highest BCUT2D eigenvalue weighted by molar-refractivity contribution is 7.85. The van der Waals surface area contributed by atoms with Crippen molar-refractivity contribution in [3.05, 3.63) is 75.4 Å². The molecule has 248 valence electrons. The molecule has 0 spiro atoms. The summed E-state index contributed by atoms with van der Waals surface area (Å²) in [6, 6.07) is 13.5. The molecule has 3 atom stereocenters. The van der Waals surface area contributed by atoms with Gasteiger partial charge in [0.25, 0.3) is 0 Å². The monoisotopic (exact) mass is 691 g/mol. The van der Waals surface area contributed by atoms with Gasteiger partial charge in [-0.1, -0.05) is 47.5 Å². The highest BCUT2D eigenvalue weighted by Gasteiger charge is 2.46. The summed E-state index contributed by atoms with van der Waals surface area (Å²) in [5.74, 6) is -4.38. The summed E-state index contributed by atoms with van der Waals surface area (Å²) in [7, 11) is 0.764. The van der Waals surface area contributed by atoms with Crippen LogP contribution >= 0.6 is 23.2 Å². The molecule has 2 aliphatic heterocycles. The average Bonchev–Trinajstić information content (AvgIpc) is 3.03. The Bertz CT molecular complexity index is 1510. The molecular weight excluding hydrogens is 653 g/mol. The van der Waals surface area contributed by atoms with Crippen LogP contribution in [0.4, 0.5) is 0 Å². The maximum atomic E-state index is 13.8. The number of piperazine rings is 1. The lowest BCUT2D eigenvalue weighted by atomic mass is 9.74. The van der Waals surface area contributed by atoms with E-state index in [0.717, 1.165) is 0 Å². The molecule has 1 amide bonds. The summed E-state index contributed by atoms with van der Waals surface area (Å²) < 4.78 is 23.9. The van der Waals surface area contributed by atoms with E-state index in [2.05, 4.69) is 4.90 Å². The predicted molar refractivity (Wildman–Crippen MR) is 177 cm³/mol. The third-order valence-corrected chi connectivity index (χ3v) is 10.1. The first kappa shape index (κ1) is 35.8. The summed E-state index contributed by atoms with van der Waals surface area (Å²) in [5.41, 5.74) is -0.294. The SMILES string of the molecule is COC(=O)C1=C(C[S@](=O)c2ccccc2)N=C(CC(=O)N2CCN(CCC(C)(C)O)CC2)C(C(=O)OC)[C@@H]1c1c(Cl)cccc1Cl. The van der Waals surface area contributed by atoms with Gasteiger partial charge in [0.15, 0.2) is 0 Å². The van der Waals surface area contributed by atoms with Gasteiger partial charge in [-0.2, -0.15) is 0 Å². The summed E-state index contributed by atoms with van der Waals surface area (Å²) in [4.78, 5) is 50.0. The van der Waals surface area contributed by atoms with E-state index in [0.29, 0.717) is 44.0 Å². The molecule has 0 saturated carbocycles. The zero-order valence-electron chi connectivity index (χ0n) is 26.3. The zero-order valence-corrected chi connectivity index (χ0v) is 28.7. The Hall–Kier alpha value is -3.09. The Labute approximate surface area is 281 Å². The van der Waals surface area contributed by atoms with E-state index in [1.54, 1.807) is 67.3 Å². The summed E-state index contributed by atoms with van der Waals surface area (Å²) in [6.07, 6.45) is 0.352. The lowest BCUT2D eigenvalue weighted by Crippen LogP contribution is -2.50. The summed E-state index contributed by atoms with van der Waals surface area (Å²) in [5, 5.41) is 10.5. The van der Waals surface area contributed by atoms with E-state index in [9.17, 15) is 23.7 Å². The van der Waals surface area contributed by atoms with Crippen molar-refractivity contribution in [3.8, 4) is 0 Å². The number of carbonyl (C=O) groups excluding carboxylic acids is 3. The molecule has 2 aliphatic rings. The predicted octanol–water partition coefficient (Wildman–Crippen LogP) is 4.25. The molecule has 13 heteroatoms. The summed E-state index contributed by atoms with van der Waals surface area (Å²) >= 11 is 13.3. The lowest BCUT2D eigenvalue weighted by molar-refractivity contribution is -0.143. The fourth-order valence-corrected chi connectivity index (χ4v) is 7.40. The van der Waals surface area contributed by atoms with Gasteiger partial charge in [0, 0.05) is 59.3 Å². The minimum Gasteiger partial charge on any atom is -0.468 e. The first-order valence-corrected chi connectivity index (χ1v) is 17.0. The van der Waals surface area contributed by atoms with Crippen molar-refractivity contribution >= 4 is 57.6 Å². The normalized spacial score (nSPS) is 19.8. The fraction of sp³-hybridized carbons (Fsp3) is 0.455. The van der Waals surface area contributed by atoms with Crippen LogP contribution in [0.2, 0.25) is 10.0 Å². The second-order valence-electron chi connectivity index (χ2n) is 11.8. The van der Waals surface area contributed by atoms with E-state index < -0.39 is 40.2 Å². The van der Waals surface area contributed by atoms with Crippen LogP contribution in [-0.2, 0) is 34.7 Å². The quantitative estimate of drug-likeness (QED) is 0.347. The van der Waals surface area contributed by atoms with Gasteiger partial charge < -0.3 is 19.5 Å². The van der Waals surface area contributed by atoms with Crippen molar-refractivity contribution in [2.75, 3.05) is 52.7 Å². The van der Waals surface area contributed by atoms with Gasteiger partial charge in [-0.25, -0.2) is 4.79 Å². The maximum absolute atomic E-state index is 13.8. The molecule has 0 radical (unpaired) electrons. The molecule has 1 unspecified atom stereocenters. The largest absolute Gasteiger partial charge is 0.468 e. The molecule has 10 nitrogen and oxygen atoms in total. The number of amides is 1. The molecule has 1 N–H and O–H groups in total. The molecule has 1 saturated heterocycles. The molecule has 1 fully saturated rings. The number of aliphatic imine (C=N–C) groups is 1. The number of methoxy groups -OCH3 is 2. The Morgan fingerprint density at radius 3 is 2.17 bits per heavy atom. The van der Waals surface area contributed by atoms with E-state index in [4.69, 9.17) is 37.7 Å². The molecule has 4 rings (SSSR count). The van der Waals surface area contributed by atoms with Gasteiger partial charge >= 0.3 is 11.9 Å². The van der Waals surface area contributed by atoms with Crippen LogP contribution in [0.3, 0.4) is 0 Å². The smallest absolute Gasteiger partial charge is 0.336 e. The first-order valence-electron chi connectivity index (χ1n) is 14.9. The number of hydrogen-bond acceptors (Lipinski definition) is 9. The number of hydrogen-bond donors (Lipinski definition) is 1. The van der Waals surface area contributed by atoms with Crippen molar-refractivity contribution in [3.63, 3.8) is 0 Å². The van der Waals surface area contributed by atoms with Crippen molar-refractivity contribution in [1.82, 2.24) is 9.80 Å². The third-order valence-electron chi connectivity index (χ3n) is 8.14. The average molecular weight is 693 g/mol. The number of rotatable bonds is 11. The number of ether oxygens (including phenoxy) is 2. The van der Waals surface area contributed by atoms with Crippen LogP contribution in [0.1, 0.15) is 38.2 Å². The Balaban J connectivity index is 1.76. The number of halogens is 2. The highest BCUT2D eigenvalue weighted by Crippen LogP contribution is 2.46. The van der Waals surface area contributed by atoms with Crippen LogP contribution in [-0.4, -0.2) is 101 Å². The van der Waals surface area contributed by atoms with Gasteiger partial charge in [0.1, 0.15) is 5.92 Å². The zero-order chi connectivity index (χ0) is 33.6. The Morgan fingerprint density at radius 1 is 0.978 bits per heavy atom. The van der Waals surface area contributed by atoms with Gasteiger partial charge in [-0.05, 0) is 50.1 Å². The minimum absolute atomic E-state index is 0.0335. The standard InChI is InChI=1S/C33H39Cl2N3O7S/c1-33(2,42)13-14-37-15-17-38(18-16-37)26(39)19-24-28(31(40)44-3)30(27-22(34)11-8-12-23(27)35)29(32(41)45-4)25(36-24)20-46(43)21-9-6-5-7-10-21/h5-12,28,30,42H,13-20H2,1-4H3/t28?,30-,46-/m0/s1. The van der Waals surface area contributed by atoms with Crippen LogP contribution in [0.5, 0.6) is 0 Å². The second kappa shape index (κ2) is 15.7. The third kappa shape index (κ3) is 8.63. The number of nitrogens with zero attached hydrogens (tertiary/aromatic N) is 3. The summed E-state index contributed by atoms with van der Waals surface area (Å²) in [6.45, 7) is 6.39. The number of carbonyl (C=O) groups is 3. The molecular formula is C33H39Cl2N3O7S. The van der Waals surface area contributed by atoms with Crippen LogP contribution < -0.4 is 0 Å². The molecule has 0 aliphatic carbocycles. The number of esters is 2. The minimum atomic E-state index is -1.64. The highest BCUT2D eigenvalue weighted by atomic mass is 35.5. The number of benzene rings is 2. The number of aliphatic hydroxyl groups is 1. The van der Waals surface area contributed by atoms with Crippen LogP contribution in [0, 0.1) is 5.92 Å². The molecule has 2 heterocycles. The first-order chi connectivity index (χ1) is 21.8. The van der Waals surface area contributed by atoms with E-state index >= 15 is 0 Å². The fourth-order valence-electron chi connectivity index (χ4n) is 5.67. The maximum Gasteiger partial charge on any atom is 0.336 e. The van der Waals surface area contributed by atoms with E-state index in [1.165, 1.54) is 14.2 Å². The van der Waals surface area contributed by atoms with Gasteiger partial charge in [0.05, 0.1) is 54.1 Å². The topological polar surface area (TPSA) is 126 Å². The molecule has 2 aromatic carbocycles. The van der Waals surface area contributed by atoms with E-state index in [-0.39, 0.29) is 50.7 Å². The van der Waals surface area contributed by atoms with Gasteiger partial charge in [-0.3, -0.25) is 23.7 Å². The second-order valence-corrected chi connectivity index (χ2v) is 14.1. The molecule has 0 bridgehead atoms. The lowest BCUT2D eigenvalue weighted by Gasteiger charge is -2.37. The van der Waals surface area contributed by atoms with E-state index in [1.807, 2.05) is 0 Å². The van der Waals surface area contributed by atoms with Crippen molar-refractivity contribution in [1.29, 1.82) is 0 Å².